The molecule has 2 rings (SSSR count). The lowest BCUT2D eigenvalue weighted by molar-refractivity contribution is 0.157. The van der Waals surface area contributed by atoms with Gasteiger partial charge >= 0.3 is 0 Å². The number of anilines is 1. The van der Waals surface area contributed by atoms with Gasteiger partial charge in [-0.25, -0.2) is 9.97 Å². The predicted molar refractivity (Wildman–Crippen MR) is 76.2 cm³/mol. The summed E-state index contributed by atoms with van der Waals surface area (Å²) >= 11 is 1.64. The van der Waals surface area contributed by atoms with Crippen molar-refractivity contribution in [3.8, 4) is 0 Å². The minimum atomic E-state index is 0.184. The van der Waals surface area contributed by atoms with Crippen LogP contribution in [0.25, 0.3) is 10.2 Å². The molecular weight excluding hydrogens is 246 g/mol. The zero-order valence-corrected chi connectivity index (χ0v) is 11.9. The van der Waals surface area contributed by atoms with Gasteiger partial charge in [-0.2, -0.15) is 0 Å². The number of thiophene rings is 1. The third kappa shape index (κ3) is 3.17. The van der Waals surface area contributed by atoms with Crippen LogP contribution < -0.4 is 5.32 Å². The molecule has 0 unspecified atom stereocenters. The maximum absolute atomic E-state index is 5.14. The zero-order chi connectivity index (χ0) is 13.0. The van der Waals surface area contributed by atoms with Crippen molar-refractivity contribution in [1.82, 2.24) is 9.97 Å². The molecule has 0 aliphatic heterocycles. The van der Waals surface area contributed by atoms with Crippen LogP contribution >= 0.6 is 11.3 Å². The number of hydrogen-bond donors (Lipinski definition) is 1. The van der Waals surface area contributed by atoms with Crippen molar-refractivity contribution in [3.63, 3.8) is 0 Å². The van der Waals surface area contributed by atoms with Crippen molar-refractivity contribution in [3.05, 3.63) is 17.8 Å². The largest absolute Gasteiger partial charge is 0.385 e. The van der Waals surface area contributed by atoms with E-state index in [2.05, 4.69) is 35.2 Å². The van der Waals surface area contributed by atoms with Crippen LogP contribution in [0.3, 0.4) is 0 Å². The van der Waals surface area contributed by atoms with E-state index in [0.29, 0.717) is 0 Å². The first-order valence-corrected chi connectivity index (χ1v) is 6.91. The second-order valence-corrected chi connectivity index (χ2v) is 6.02. The van der Waals surface area contributed by atoms with Gasteiger partial charge in [0.05, 0.1) is 5.39 Å². The fraction of sp³-hybridized carbons (Fsp3) is 0.538. The highest BCUT2D eigenvalue weighted by atomic mass is 32.1. The fourth-order valence-corrected chi connectivity index (χ4v) is 2.45. The number of fused-ring (bicyclic) bond motifs is 1. The molecule has 0 aromatic carbocycles. The summed E-state index contributed by atoms with van der Waals surface area (Å²) in [5, 5.41) is 6.57. The quantitative estimate of drug-likeness (QED) is 0.871. The lowest BCUT2D eigenvalue weighted by Crippen LogP contribution is -2.25. The summed E-state index contributed by atoms with van der Waals surface area (Å²) < 4.78 is 5.14. The number of ether oxygens (including phenoxy) is 1. The van der Waals surface area contributed by atoms with Crippen molar-refractivity contribution in [2.45, 2.75) is 20.3 Å². The molecule has 0 aliphatic rings. The Morgan fingerprint density at radius 1 is 1.39 bits per heavy atom. The van der Waals surface area contributed by atoms with Gasteiger partial charge in [-0.1, -0.05) is 13.8 Å². The molecular formula is C13H19N3OS. The maximum Gasteiger partial charge on any atom is 0.138 e. The van der Waals surface area contributed by atoms with E-state index in [9.17, 15) is 0 Å². The van der Waals surface area contributed by atoms with E-state index in [1.165, 1.54) is 0 Å². The van der Waals surface area contributed by atoms with Crippen molar-refractivity contribution in [1.29, 1.82) is 0 Å². The third-order valence-corrected chi connectivity index (χ3v) is 3.80. The molecule has 0 aliphatic carbocycles. The van der Waals surface area contributed by atoms with E-state index in [1.807, 2.05) is 5.38 Å². The molecule has 0 atom stereocenters. The Labute approximate surface area is 111 Å². The Bertz CT molecular complexity index is 510. The fourth-order valence-electron chi connectivity index (χ4n) is 1.72. The van der Waals surface area contributed by atoms with Gasteiger partial charge in [0.2, 0.25) is 0 Å². The summed E-state index contributed by atoms with van der Waals surface area (Å²) in [4.78, 5) is 9.59. The Hall–Kier alpha value is -1.20. The van der Waals surface area contributed by atoms with Gasteiger partial charge in [0.1, 0.15) is 17.0 Å². The summed E-state index contributed by atoms with van der Waals surface area (Å²) in [7, 11) is 1.74. The Kier molecular flexibility index (Phi) is 4.14. The smallest absolute Gasteiger partial charge is 0.138 e. The molecule has 0 bridgehead atoms. The minimum Gasteiger partial charge on any atom is -0.385 e. The number of nitrogens with zero attached hydrogens (tertiary/aromatic N) is 2. The van der Waals surface area contributed by atoms with E-state index in [0.717, 1.165) is 35.6 Å². The molecule has 2 heterocycles. The number of nitrogens with one attached hydrogen (secondary N) is 1. The van der Waals surface area contributed by atoms with E-state index in [-0.39, 0.29) is 5.41 Å². The molecule has 0 fully saturated rings. The van der Waals surface area contributed by atoms with E-state index >= 15 is 0 Å². The first kappa shape index (κ1) is 13.2. The van der Waals surface area contributed by atoms with Crippen LogP contribution in [0.15, 0.2) is 17.8 Å². The van der Waals surface area contributed by atoms with Gasteiger partial charge in [0.15, 0.2) is 0 Å². The minimum absolute atomic E-state index is 0.184. The van der Waals surface area contributed by atoms with Crippen LogP contribution in [0, 0.1) is 5.41 Å². The second-order valence-electron chi connectivity index (χ2n) is 5.12. The first-order chi connectivity index (χ1) is 8.62. The highest BCUT2D eigenvalue weighted by molar-refractivity contribution is 7.16. The molecule has 0 saturated heterocycles. The summed E-state index contributed by atoms with van der Waals surface area (Å²) in [6, 6.07) is 2.06. The molecule has 2 aromatic rings. The molecule has 0 amide bonds. The van der Waals surface area contributed by atoms with E-state index in [1.54, 1.807) is 24.8 Å². The maximum atomic E-state index is 5.14. The van der Waals surface area contributed by atoms with Crippen molar-refractivity contribution < 1.29 is 4.74 Å². The van der Waals surface area contributed by atoms with Crippen molar-refractivity contribution >= 4 is 27.4 Å². The van der Waals surface area contributed by atoms with Crippen LogP contribution in [0.5, 0.6) is 0 Å². The van der Waals surface area contributed by atoms with Crippen LogP contribution in [-0.2, 0) is 4.74 Å². The molecule has 18 heavy (non-hydrogen) atoms. The zero-order valence-electron chi connectivity index (χ0n) is 11.1. The van der Waals surface area contributed by atoms with Gasteiger partial charge in [0, 0.05) is 20.3 Å². The monoisotopic (exact) mass is 265 g/mol. The average molecular weight is 265 g/mol. The summed E-state index contributed by atoms with van der Waals surface area (Å²) in [6.45, 7) is 6.11. The highest BCUT2D eigenvalue weighted by Crippen LogP contribution is 2.26. The lowest BCUT2D eigenvalue weighted by atomic mass is 9.90. The highest BCUT2D eigenvalue weighted by Gasteiger charge is 2.18. The average Bonchev–Trinajstić information content (AvgIpc) is 2.82. The van der Waals surface area contributed by atoms with E-state index in [4.69, 9.17) is 4.74 Å². The molecule has 2 aromatic heterocycles. The summed E-state index contributed by atoms with van der Waals surface area (Å²) in [5.74, 6) is 0.923. The van der Waals surface area contributed by atoms with Crippen molar-refractivity contribution in [2.24, 2.45) is 5.41 Å². The number of hydrogen-bond acceptors (Lipinski definition) is 5. The summed E-state index contributed by atoms with van der Waals surface area (Å²) in [6.07, 6.45) is 2.64. The van der Waals surface area contributed by atoms with Gasteiger partial charge in [0.25, 0.3) is 0 Å². The molecule has 5 heteroatoms. The Balaban J connectivity index is 2.03. The van der Waals surface area contributed by atoms with Gasteiger partial charge in [-0.15, -0.1) is 11.3 Å². The van der Waals surface area contributed by atoms with Gasteiger partial charge in [-0.05, 0) is 23.3 Å². The molecule has 1 N–H and O–H groups in total. The first-order valence-electron chi connectivity index (χ1n) is 6.03. The topological polar surface area (TPSA) is 47.0 Å². The Morgan fingerprint density at radius 3 is 3.00 bits per heavy atom. The molecule has 0 radical (unpaired) electrons. The van der Waals surface area contributed by atoms with E-state index < -0.39 is 0 Å². The molecule has 4 nitrogen and oxygen atoms in total. The van der Waals surface area contributed by atoms with Crippen LogP contribution in [0.1, 0.15) is 20.3 Å². The number of aromatic nitrogens is 2. The third-order valence-electron chi connectivity index (χ3n) is 2.98. The van der Waals surface area contributed by atoms with Gasteiger partial charge < -0.3 is 10.1 Å². The predicted octanol–water partition coefficient (Wildman–Crippen LogP) is 3.17. The normalized spacial score (nSPS) is 11.9. The molecule has 98 valence electrons. The second kappa shape index (κ2) is 5.63. The summed E-state index contributed by atoms with van der Waals surface area (Å²) in [5.41, 5.74) is 0.184. The van der Waals surface area contributed by atoms with Crippen molar-refractivity contribution in [2.75, 3.05) is 25.6 Å². The SMILES string of the molecule is COCCC(C)(C)CNc1ncnc2sccc12. The number of rotatable bonds is 6. The van der Waals surface area contributed by atoms with Gasteiger partial charge in [-0.3, -0.25) is 0 Å². The standard InChI is InChI=1S/C13H19N3OS/c1-13(2,5-6-17-3)8-14-11-10-4-7-18-12(10)16-9-15-11/h4,7,9H,5-6,8H2,1-3H3,(H,14,15,16). The lowest BCUT2D eigenvalue weighted by Gasteiger charge is -2.24. The Morgan fingerprint density at radius 2 is 2.22 bits per heavy atom. The van der Waals surface area contributed by atoms with Crippen LogP contribution in [0.4, 0.5) is 5.82 Å². The van der Waals surface area contributed by atoms with Crippen LogP contribution in [-0.4, -0.2) is 30.2 Å². The molecule has 0 spiro atoms. The van der Waals surface area contributed by atoms with Crippen LogP contribution in [0.2, 0.25) is 0 Å². The molecule has 0 saturated carbocycles. The number of methoxy groups -OCH3 is 1.